The van der Waals surface area contributed by atoms with Crippen molar-refractivity contribution in [2.75, 3.05) is 26.7 Å². The Hall–Kier alpha value is -4.33. The van der Waals surface area contributed by atoms with Crippen LogP contribution >= 0.6 is 23.2 Å². The van der Waals surface area contributed by atoms with Crippen LogP contribution in [0.25, 0.3) is 0 Å². The zero-order valence-electron chi connectivity index (χ0n) is 39.2. The summed E-state index contributed by atoms with van der Waals surface area (Å²) in [5.41, 5.74) is -3.07. The van der Waals surface area contributed by atoms with E-state index in [1.54, 1.807) is 18.2 Å². The zero-order chi connectivity index (χ0) is 50.7. The standard InChI is InChI=1S/C47H63Cl2F6N7O7/c1-5-8-32-38(63)56-16-7-6-9-34(39(64)58-33(17-25(2)3)42(67)60(4)35(40(65)57-32)19-28-18-29(48)14-15-31(28)49)61(21-26-10-11-26)43(68)37(27-12-13-27)59-41(66)36-20-30(50)22-62(36)44(69)45(47(53,54)55)23-46(51,52)24-45/h14-15,18,25-27,30,32-37H,5-13,16-17,19-24H2,1-4H3,(H,56,63)(H,57,65)(H,58,64)(H,59,66)/t30-,32-,33+,34+,35+,36+,37+/m1/s1. The van der Waals surface area contributed by atoms with Crippen molar-refractivity contribution in [3.05, 3.63) is 33.8 Å². The molecule has 1 aromatic carbocycles. The van der Waals surface area contributed by atoms with Gasteiger partial charge in [0.05, 0.1) is 6.54 Å². The van der Waals surface area contributed by atoms with E-state index in [4.69, 9.17) is 23.2 Å². The van der Waals surface area contributed by atoms with E-state index in [-0.39, 0.29) is 62.1 Å². The number of benzene rings is 1. The molecule has 0 unspecified atom stereocenters. The van der Waals surface area contributed by atoms with Gasteiger partial charge in [0, 0.05) is 55.9 Å². The van der Waals surface area contributed by atoms with Gasteiger partial charge in [-0.15, -0.1) is 0 Å². The van der Waals surface area contributed by atoms with Crippen molar-refractivity contribution in [3.63, 3.8) is 0 Å². The molecule has 6 rings (SSSR count). The number of amides is 7. The molecule has 384 valence electrons. The van der Waals surface area contributed by atoms with Crippen LogP contribution in [-0.4, -0.2) is 137 Å². The van der Waals surface area contributed by atoms with Crippen LogP contribution in [0.1, 0.15) is 110 Å². The Morgan fingerprint density at radius 2 is 1.61 bits per heavy atom. The molecule has 0 aromatic heterocycles. The van der Waals surface area contributed by atoms with E-state index in [1.807, 2.05) is 20.8 Å². The molecule has 1 aromatic rings. The number of likely N-dealkylation sites (tertiary alicyclic amines) is 1. The number of alkyl halides is 6. The van der Waals surface area contributed by atoms with Crippen LogP contribution in [0.3, 0.4) is 0 Å². The fourth-order valence-electron chi connectivity index (χ4n) is 9.75. The fraction of sp³-hybridized carbons (Fsp3) is 0.723. The van der Waals surface area contributed by atoms with E-state index < -0.39 is 133 Å². The highest BCUT2D eigenvalue weighted by Crippen LogP contribution is 2.61. The van der Waals surface area contributed by atoms with Gasteiger partial charge in [0.1, 0.15) is 42.4 Å². The molecule has 0 radical (unpaired) electrons. The largest absolute Gasteiger partial charge is 0.403 e. The minimum absolute atomic E-state index is 0.0353. The molecule has 2 aliphatic heterocycles. The van der Waals surface area contributed by atoms with Gasteiger partial charge in [-0.05, 0) is 99.3 Å². The van der Waals surface area contributed by atoms with Crippen LogP contribution in [0, 0.1) is 23.2 Å². The van der Waals surface area contributed by atoms with Crippen molar-refractivity contribution in [1.82, 2.24) is 36.0 Å². The second-order valence-corrected chi connectivity index (χ2v) is 20.9. The first-order valence-electron chi connectivity index (χ1n) is 24.0. The Morgan fingerprint density at radius 1 is 0.942 bits per heavy atom. The molecular weight excluding hydrogens is 959 g/mol. The molecule has 4 N–H and O–H groups in total. The number of hydrogen-bond acceptors (Lipinski definition) is 7. The monoisotopic (exact) mass is 1020 g/mol. The molecule has 2 saturated heterocycles. The van der Waals surface area contributed by atoms with Crippen LogP contribution in [0.15, 0.2) is 18.2 Å². The first-order valence-corrected chi connectivity index (χ1v) is 24.7. The molecule has 5 aliphatic rings. The summed E-state index contributed by atoms with van der Waals surface area (Å²) in [5, 5.41) is 11.7. The van der Waals surface area contributed by atoms with Gasteiger partial charge in [0.15, 0.2) is 5.41 Å². The summed E-state index contributed by atoms with van der Waals surface area (Å²) in [7, 11) is 1.40. The van der Waals surface area contributed by atoms with Gasteiger partial charge >= 0.3 is 6.18 Å². The first-order chi connectivity index (χ1) is 32.4. The number of likely N-dealkylation sites (N-methyl/N-ethyl adjacent to an activating group) is 1. The molecule has 3 saturated carbocycles. The Morgan fingerprint density at radius 3 is 2.20 bits per heavy atom. The molecule has 3 aliphatic carbocycles. The molecule has 14 nitrogen and oxygen atoms in total. The fourth-order valence-corrected chi connectivity index (χ4v) is 10.1. The highest BCUT2D eigenvalue weighted by Gasteiger charge is 2.75. The number of carbonyl (C=O) groups excluding carboxylic acids is 7. The van der Waals surface area contributed by atoms with Crippen LogP contribution < -0.4 is 21.3 Å². The van der Waals surface area contributed by atoms with Crippen molar-refractivity contribution in [3.8, 4) is 0 Å². The lowest BCUT2D eigenvalue weighted by Crippen LogP contribution is -2.65. The summed E-state index contributed by atoms with van der Waals surface area (Å²) < 4.78 is 85.9. The number of rotatable bonds is 14. The molecule has 2 heterocycles. The minimum Gasteiger partial charge on any atom is -0.354 e. The maximum Gasteiger partial charge on any atom is 0.403 e. The minimum atomic E-state index is -5.42. The zero-order valence-corrected chi connectivity index (χ0v) is 40.8. The Balaban J connectivity index is 1.31. The maximum absolute atomic E-state index is 15.0. The summed E-state index contributed by atoms with van der Waals surface area (Å²) in [4.78, 5) is 103. The second kappa shape index (κ2) is 22.0. The Labute approximate surface area is 408 Å². The highest BCUT2D eigenvalue weighted by molar-refractivity contribution is 6.33. The molecule has 22 heteroatoms. The quantitative estimate of drug-likeness (QED) is 0.168. The molecule has 0 bridgehead atoms. The van der Waals surface area contributed by atoms with Gasteiger partial charge in [0.25, 0.3) is 5.92 Å². The molecule has 5 fully saturated rings. The topological polar surface area (TPSA) is 177 Å². The molecular formula is C47H63Cl2F6N7O7. The van der Waals surface area contributed by atoms with Gasteiger partial charge in [-0.1, -0.05) is 50.4 Å². The summed E-state index contributed by atoms with van der Waals surface area (Å²) >= 11 is 12.9. The summed E-state index contributed by atoms with van der Waals surface area (Å²) in [5.74, 6) is -10.7. The molecule has 7 amide bonds. The van der Waals surface area contributed by atoms with Gasteiger partial charge < -0.3 is 36.0 Å². The lowest BCUT2D eigenvalue weighted by atomic mass is 9.64. The van der Waals surface area contributed by atoms with Crippen molar-refractivity contribution >= 4 is 64.6 Å². The van der Waals surface area contributed by atoms with Gasteiger partial charge in [-0.3, -0.25) is 33.6 Å². The van der Waals surface area contributed by atoms with Crippen LogP contribution in [0.2, 0.25) is 10.0 Å². The predicted octanol–water partition coefficient (Wildman–Crippen LogP) is 5.90. The number of carbonyl (C=O) groups is 7. The third kappa shape index (κ3) is 13.0. The molecule has 0 spiro atoms. The number of halogens is 8. The van der Waals surface area contributed by atoms with Crippen LogP contribution in [0.4, 0.5) is 26.3 Å². The van der Waals surface area contributed by atoms with E-state index >= 15 is 9.18 Å². The summed E-state index contributed by atoms with van der Waals surface area (Å²) in [6.07, 6.45) is -8.07. The SMILES string of the molecule is CCC[C@H]1NC(=O)[C@H](Cc2cc(Cl)ccc2Cl)N(C)C(=O)[C@H](CC(C)C)NC(=O)[C@@H](N(CC2CC2)C(=O)[C@@H](NC(=O)[C@@H]2C[C@@H](F)CN2C(=O)C2(C(F)(F)F)CC(F)(F)C2)C2CC2)CCCCNC1=O. The predicted molar refractivity (Wildman–Crippen MR) is 242 cm³/mol. The molecule has 69 heavy (non-hydrogen) atoms. The van der Waals surface area contributed by atoms with Crippen LogP contribution in [-0.2, 0) is 40.0 Å². The number of nitrogens with one attached hydrogen (secondary N) is 4. The van der Waals surface area contributed by atoms with E-state index in [9.17, 15) is 50.7 Å². The van der Waals surface area contributed by atoms with Crippen molar-refractivity contribution in [2.45, 2.75) is 165 Å². The van der Waals surface area contributed by atoms with E-state index in [0.29, 0.717) is 54.0 Å². The van der Waals surface area contributed by atoms with Crippen molar-refractivity contribution in [1.29, 1.82) is 0 Å². The van der Waals surface area contributed by atoms with Crippen LogP contribution in [0.5, 0.6) is 0 Å². The van der Waals surface area contributed by atoms with Gasteiger partial charge in [-0.2, -0.15) is 13.2 Å². The smallest absolute Gasteiger partial charge is 0.354 e. The lowest BCUT2D eigenvalue weighted by molar-refractivity contribution is -0.299. The average Bonchev–Trinajstić information content (AvgIpc) is 4.21. The highest BCUT2D eigenvalue weighted by atomic mass is 35.5. The number of nitrogens with zero attached hydrogens (tertiary/aromatic N) is 3. The average molecular weight is 1020 g/mol. The van der Waals surface area contributed by atoms with Crippen molar-refractivity contribution in [2.24, 2.45) is 23.2 Å². The first kappa shape index (κ1) is 54.0. The number of hydrogen-bond donors (Lipinski definition) is 4. The third-order valence-electron chi connectivity index (χ3n) is 13.9. The summed E-state index contributed by atoms with van der Waals surface area (Å²) in [6.45, 7) is 4.77. The van der Waals surface area contributed by atoms with Gasteiger partial charge in [0.2, 0.25) is 41.4 Å². The van der Waals surface area contributed by atoms with E-state index in [2.05, 4.69) is 21.3 Å². The Bertz CT molecular complexity index is 2100. The van der Waals surface area contributed by atoms with Crippen molar-refractivity contribution < 1.29 is 59.9 Å². The van der Waals surface area contributed by atoms with E-state index in [0.717, 1.165) is 0 Å². The Kier molecular flexibility index (Phi) is 17.2. The van der Waals surface area contributed by atoms with E-state index in [1.165, 1.54) is 16.8 Å². The van der Waals surface area contributed by atoms with Gasteiger partial charge in [-0.25, -0.2) is 13.2 Å². The third-order valence-corrected chi connectivity index (χ3v) is 14.5. The molecule has 7 atom stereocenters. The second-order valence-electron chi connectivity index (χ2n) is 20.1. The maximum atomic E-state index is 15.0. The lowest BCUT2D eigenvalue weighted by Gasteiger charge is -2.48. The summed E-state index contributed by atoms with van der Waals surface area (Å²) in [6, 6.07) is -3.22. The normalized spacial score (nSPS) is 27.5.